The van der Waals surface area contributed by atoms with Crippen LogP contribution in [0.4, 0.5) is 5.95 Å². The summed E-state index contributed by atoms with van der Waals surface area (Å²) in [6.07, 6.45) is 3.68. The van der Waals surface area contributed by atoms with Gasteiger partial charge in [0.1, 0.15) is 12.3 Å². The van der Waals surface area contributed by atoms with Crippen LogP contribution in [0.25, 0.3) is 16.9 Å². The molecule has 4 aromatic rings. The number of amides is 2. The van der Waals surface area contributed by atoms with Gasteiger partial charge >= 0.3 is 0 Å². The molecule has 0 spiro atoms. The SMILES string of the molecule is COc1ccc(-c2cn(-c3ccc(C(C)C)cc3)c(NC(=O)CN(Cc3ccccc3)C(=O)C3CC3)n2)cc1. The van der Waals surface area contributed by atoms with Crippen molar-refractivity contribution in [1.29, 1.82) is 0 Å². The topological polar surface area (TPSA) is 76.5 Å². The molecule has 5 rings (SSSR count). The van der Waals surface area contributed by atoms with Gasteiger partial charge in [-0.1, -0.05) is 56.3 Å². The van der Waals surface area contributed by atoms with Crippen molar-refractivity contribution >= 4 is 17.8 Å². The summed E-state index contributed by atoms with van der Waals surface area (Å²) < 4.78 is 7.17. The summed E-state index contributed by atoms with van der Waals surface area (Å²) in [4.78, 5) is 32.8. The van der Waals surface area contributed by atoms with Crippen LogP contribution in [0.5, 0.6) is 5.75 Å². The minimum absolute atomic E-state index is 0.0182. The molecule has 3 aromatic carbocycles. The first kappa shape index (κ1) is 26.2. The van der Waals surface area contributed by atoms with Gasteiger partial charge in [0, 0.05) is 29.9 Å². The molecule has 39 heavy (non-hydrogen) atoms. The lowest BCUT2D eigenvalue weighted by atomic mass is 10.0. The maximum absolute atomic E-state index is 13.3. The van der Waals surface area contributed by atoms with Crippen LogP contribution >= 0.6 is 0 Å². The molecule has 1 heterocycles. The summed E-state index contributed by atoms with van der Waals surface area (Å²) in [6.45, 7) is 4.67. The van der Waals surface area contributed by atoms with E-state index in [2.05, 4.69) is 31.3 Å². The number of imidazole rings is 1. The van der Waals surface area contributed by atoms with Gasteiger partial charge in [0.2, 0.25) is 17.8 Å². The van der Waals surface area contributed by atoms with Crippen molar-refractivity contribution in [1.82, 2.24) is 14.5 Å². The largest absolute Gasteiger partial charge is 0.497 e. The molecule has 1 aromatic heterocycles. The molecule has 1 N–H and O–H groups in total. The van der Waals surface area contributed by atoms with Crippen molar-refractivity contribution in [3.8, 4) is 22.7 Å². The molecule has 0 unspecified atom stereocenters. The Morgan fingerprint density at radius 3 is 2.31 bits per heavy atom. The lowest BCUT2D eigenvalue weighted by Crippen LogP contribution is -2.38. The van der Waals surface area contributed by atoms with Gasteiger partial charge < -0.3 is 9.64 Å². The van der Waals surface area contributed by atoms with E-state index in [1.807, 2.05) is 77.5 Å². The number of nitrogens with zero attached hydrogens (tertiary/aromatic N) is 3. The molecule has 2 amide bonds. The second-order valence-corrected chi connectivity index (χ2v) is 10.3. The van der Waals surface area contributed by atoms with E-state index in [9.17, 15) is 9.59 Å². The Balaban J connectivity index is 1.42. The quantitative estimate of drug-likeness (QED) is 0.275. The van der Waals surface area contributed by atoms with E-state index in [-0.39, 0.29) is 24.3 Å². The fourth-order valence-electron chi connectivity index (χ4n) is 4.53. The van der Waals surface area contributed by atoms with Crippen molar-refractivity contribution in [3.05, 3.63) is 96.2 Å². The third-order valence-electron chi connectivity index (χ3n) is 6.97. The van der Waals surface area contributed by atoms with Crippen molar-refractivity contribution in [2.45, 2.75) is 39.2 Å². The van der Waals surface area contributed by atoms with Gasteiger partial charge in [-0.05, 0) is 66.3 Å². The first-order chi connectivity index (χ1) is 18.9. The molecule has 0 radical (unpaired) electrons. The normalized spacial score (nSPS) is 12.8. The Morgan fingerprint density at radius 1 is 1.00 bits per heavy atom. The Bertz CT molecular complexity index is 1420. The van der Waals surface area contributed by atoms with Gasteiger partial charge in [-0.25, -0.2) is 4.98 Å². The van der Waals surface area contributed by atoms with Crippen LogP contribution in [0.2, 0.25) is 0 Å². The Hall–Kier alpha value is -4.39. The van der Waals surface area contributed by atoms with Crippen molar-refractivity contribution in [3.63, 3.8) is 0 Å². The molecule has 7 nitrogen and oxygen atoms in total. The fraction of sp³-hybridized carbons (Fsp3) is 0.281. The highest BCUT2D eigenvalue weighted by atomic mass is 16.5. The van der Waals surface area contributed by atoms with Crippen LogP contribution in [0, 0.1) is 5.92 Å². The van der Waals surface area contributed by atoms with Gasteiger partial charge in [-0.3, -0.25) is 19.5 Å². The summed E-state index contributed by atoms with van der Waals surface area (Å²) in [6, 6.07) is 25.7. The lowest BCUT2D eigenvalue weighted by molar-refractivity contribution is -0.136. The zero-order valence-electron chi connectivity index (χ0n) is 22.6. The number of hydrogen-bond acceptors (Lipinski definition) is 4. The monoisotopic (exact) mass is 522 g/mol. The molecule has 0 bridgehead atoms. The van der Waals surface area contributed by atoms with E-state index in [0.717, 1.165) is 41.1 Å². The number of benzene rings is 3. The molecule has 1 aliphatic rings. The van der Waals surface area contributed by atoms with Crippen molar-refractivity contribution in [2.24, 2.45) is 5.92 Å². The number of ether oxygens (including phenoxy) is 1. The number of anilines is 1. The molecule has 0 aliphatic heterocycles. The number of rotatable bonds is 10. The molecule has 1 fully saturated rings. The van der Waals surface area contributed by atoms with Crippen LogP contribution in [0.3, 0.4) is 0 Å². The molecule has 200 valence electrons. The Labute approximate surface area is 229 Å². The third kappa shape index (κ3) is 6.37. The Morgan fingerprint density at radius 2 is 1.69 bits per heavy atom. The van der Waals surface area contributed by atoms with Crippen LogP contribution < -0.4 is 10.1 Å². The van der Waals surface area contributed by atoms with Gasteiger partial charge in [-0.15, -0.1) is 0 Å². The standard InChI is InChI=1S/C32H34N4O3/c1-22(2)24-11-15-27(16-12-24)36-20-29(25-13-17-28(39-3)18-14-25)33-32(36)34-30(37)21-35(31(38)26-9-10-26)19-23-7-5-4-6-8-23/h4-8,11-18,20,22,26H,9-10,19,21H2,1-3H3,(H,33,34,37). The lowest BCUT2D eigenvalue weighted by Gasteiger charge is -2.22. The van der Waals surface area contributed by atoms with E-state index in [1.54, 1.807) is 12.0 Å². The van der Waals surface area contributed by atoms with Gasteiger partial charge in [-0.2, -0.15) is 0 Å². The van der Waals surface area contributed by atoms with Crippen LogP contribution in [0.15, 0.2) is 85.1 Å². The average Bonchev–Trinajstić information content (AvgIpc) is 3.73. The summed E-state index contributed by atoms with van der Waals surface area (Å²) in [5.74, 6) is 1.34. The molecule has 1 saturated carbocycles. The maximum Gasteiger partial charge on any atom is 0.246 e. The molecule has 0 atom stereocenters. The van der Waals surface area contributed by atoms with E-state index in [0.29, 0.717) is 18.4 Å². The molecule has 1 aliphatic carbocycles. The van der Waals surface area contributed by atoms with E-state index >= 15 is 0 Å². The summed E-state index contributed by atoms with van der Waals surface area (Å²) in [5, 5.41) is 2.98. The van der Waals surface area contributed by atoms with Gasteiger partial charge in [0.25, 0.3) is 0 Å². The Kier molecular flexibility index (Phi) is 7.77. The predicted octanol–water partition coefficient (Wildman–Crippen LogP) is 6.05. The number of nitrogens with one attached hydrogen (secondary N) is 1. The van der Waals surface area contributed by atoms with E-state index in [4.69, 9.17) is 9.72 Å². The summed E-state index contributed by atoms with van der Waals surface area (Å²) in [7, 11) is 1.63. The van der Waals surface area contributed by atoms with Crippen LogP contribution in [-0.4, -0.2) is 39.9 Å². The van der Waals surface area contributed by atoms with Crippen molar-refractivity contribution < 1.29 is 14.3 Å². The van der Waals surface area contributed by atoms with Gasteiger partial charge in [0.15, 0.2) is 0 Å². The van der Waals surface area contributed by atoms with Crippen molar-refractivity contribution in [2.75, 3.05) is 19.0 Å². The highest BCUT2D eigenvalue weighted by molar-refractivity contribution is 5.94. The van der Waals surface area contributed by atoms with Gasteiger partial charge in [0.05, 0.1) is 12.8 Å². The second kappa shape index (κ2) is 11.6. The first-order valence-electron chi connectivity index (χ1n) is 13.4. The number of methoxy groups -OCH3 is 1. The number of hydrogen-bond donors (Lipinski definition) is 1. The first-order valence-corrected chi connectivity index (χ1v) is 13.4. The highest BCUT2D eigenvalue weighted by Crippen LogP contribution is 2.32. The predicted molar refractivity (Wildman–Crippen MR) is 153 cm³/mol. The zero-order valence-corrected chi connectivity index (χ0v) is 22.6. The van der Waals surface area contributed by atoms with Crippen LogP contribution in [-0.2, 0) is 16.1 Å². The molecule has 0 saturated heterocycles. The minimum atomic E-state index is -0.285. The van der Waals surface area contributed by atoms with Crippen LogP contribution in [0.1, 0.15) is 43.7 Å². The summed E-state index contributed by atoms with van der Waals surface area (Å²) >= 11 is 0. The number of aromatic nitrogens is 2. The second-order valence-electron chi connectivity index (χ2n) is 10.3. The maximum atomic E-state index is 13.3. The number of carbonyl (C=O) groups excluding carboxylic acids is 2. The zero-order chi connectivity index (χ0) is 27.4. The minimum Gasteiger partial charge on any atom is -0.497 e. The van der Waals surface area contributed by atoms with E-state index in [1.165, 1.54) is 5.56 Å². The highest BCUT2D eigenvalue weighted by Gasteiger charge is 2.34. The third-order valence-corrected chi connectivity index (χ3v) is 6.97. The molecular formula is C32H34N4O3. The summed E-state index contributed by atoms with van der Waals surface area (Å²) in [5.41, 5.74) is 4.73. The molecule has 7 heteroatoms. The molecular weight excluding hydrogens is 488 g/mol. The fourth-order valence-corrected chi connectivity index (χ4v) is 4.53. The number of carbonyl (C=O) groups is 2. The average molecular weight is 523 g/mol. The smallest absolute Gasteiger partial charge is 0.246 e. The van der Waals surface area contributed by atoms with E-state index < -0.39 is 0 Å².